The molecule has 0 spiro atoms. The molecule has 0 atom stereocenters. The van der Waals surface area contributed by atoms with Crippen molar-refractivity contribution in [2.75, 3.05) is 6.61 Å². The van der Waals surface area contributed by atoms with E-state index in [-0.39, 0.29) is 0 Å². The van der Waals surface area contributed by atoms with E-state index in [2.05, 4.69) is 6.58 Å². The molecule has 0 aliphatic rings. The number of hydrogen-bond donors (Lipinski definition) is 0. The normalized spacial score (nSPS) is 10.8. The van der Waals surface area contributed by atoms with Crippen molar-refractivity contribution in [2.24, 2.45) is 0 Å². The van der Waals surface area contributed by atoms with Gasteiger partial charge in [-0.1, -0.05) is 6.58 Å². The zero-order valence-corrected chi connectivity index (χ0v) is 7.22. The van der Waals surface area contributed by atoms with Gasteiger partial charge < -0.3 is 9.47 Å². The molecule has 0 aliphatic heterocycles. The molecule has 0 saturated carbocycles. The molecular formula is C8H14O3. The standard InChI is InChI=1S/C8H14O3/c1-5-7(9)11-8(3,4)10-6-2/h5H,1,6H2,2-4H3. The van der Waals surface area contributed by atoms with Gasteiger partial charge in [0.2, 0.25) is 5.79 Å². The molecule has 0 bridgehead atoms. The lowest BCUT2D eigenvalue weighted by Crippen LogP contribution is -2.30. The molecular weight excluding hydrogens is 144 g/mol. The maximum Gasteiger partial charge on any atom is 0.332 e. The summed E-state index contributed by atoms with van der Waals surface area (Å²) >= 11 is 0. The van der Waals surface area contributed by atoms with E-state index in [9.17, 15) is 4.79 Å². The van der Waals surface area contributed by atoms with Crippen LogP contribution in [-0.2, 0) is 14.3 Å². The van der Waals surface area contributed by atoms with E-state index in [1.54, 1.807) is 13.8 Å². The van der Waals surface area contributed by atoms with Crippen molar-refractivity contribution >= 4 is 5.97 Å². The van der Waals surface area contributed by atoms with Crippen molar-refractivity contribution in [1.82, 2.24) is 0 Å². The topological polar surface area (TPSA) is 35.5 Å². The molecule has 0 aliphatic carbocycles. The maximum absolute atomic E-state index is 10.7. The summed E-state index contributed by atoms with van der Waals surface area (Å²) in [6, 6.07) is 0. The molecule has 0 fully saturated rings. The van der Waals surface area contributed by atoms with Crippen LogP contribution in [-0.4, -0.2) is 18.4 Å². The van der Waals surface area contributed by atoms with Gasteiger partial charge in [-0.05, 0) is 6.92 Å². The van der Waals surface area contributed by atoms with Gasteiger partial charge in [0, 0.05) is 26.5 Å². The van der Waals surface area contributed by atoms with E-state index in [1.165, 1.54) is 0 Å². The highest BCUT2D eigenvalue weighted by Crippen LogP contribution is 2.10. The Morgan fingerprint density at radius 3 is 2.55 bits per heavy atom. The summed E-state index contributed by atoms with van der Waals surface area (Å²) in [6.45, 7) is 8.98. The first-order valence-electron chi connectivity index (χ1n) is 3.51. The predicted octanol–water partition coefficient (Wildman–Crippen LogP) is 1.49. The lowest BCUT2D eigenvalue weighted by Gasteiger charge is -2.23. The molecule has 0 rings (SSSR count). The summed E-state index contributed by atoms with van der Waals surface area (Å²) in [5.41, 5.74) is 0. The molecule has 3 nitrogen and oxygen atoms in total. The molecule has 64 valence electrons. The Kier molecular flexibility index (Phi) is 3.82. The second-order valence-corrected chi connectivity index (χ2v) is 2.46. The molecule has 0 saturated heterocycles. The van der Waals surface area contributed by atoms with Crippen LogP contribution < -0.4 is 0 Å². The molecule has 0 aromatic carbocycles. The summed E-state index contributed by atoms with van der Waals surface area (Å²) < 4.78 is 9.96. The summed E-state index contributed by atoms with van der Waals surface area (Å²) in [6.07, 6.45) is 1.11. The van der Waals surface area contributed by atoms with E-state index in [1.807, 2.05) is 6.92 Å². The third-order valence-electron chi connectivity index (χ3n) is 1.00. The van der Waals surface area contributed by atoms with Crippen LogP contribution in [0.1, 0.15) is 20.8 Å². The zero-order chi connectivity index (χ0) is 8.91. The molecule has 0 unspecified atom stereocenters. The molecule has 11 heavy (non-hydrogen) atoms. The fourth-order valence-electron chi connectivity index (χ4n) is 0.661. The van der Waals surface area contributed by atoms with Crippen LogP contribution in [0.25, 0.3) is 0 Å². The monoisotopic (exact) mass is 158 g/mol. The zero-order valence-electron chi connectivity index (χ0n) is 7.22. The molecule has 0 radical (unpaired) electrons. The summed E-state index contributed by atoms with van der Waals surface area (Å²) in [5.74, 6) is -1.32. The summed E-state index contributed by atoms with van der Waals surface area (Å²) in [4.78, 5) is 10.7. The first kappa shape index (κ1) is 10.2. The molecule has 0 aromatic heterocycles. The first-order valence-corrected chi connectivity index (χ1v) is 3.51. The smallest absolute Gasteiger partial charge is 0.332 e. The van der Waals surface area contributed by atoms with Crippen LogP contribution >= 0.6 is 0 Å². The van der Waals surface area contributed by atoms with Gasteiger partial charge in [0.15, 0.2) is 0 Å². The van der Waals surface area contributed by atoms with E-state index in [4.69, 9.17) is 9.47 Å². The van der Waals surface area contributed by atoms with Gasteiger partial charge in [-0.2, -0.15) is 0 Å². The quantitative estimate of drug-likeness (QED) is 0.353. The number of ether oxygens (including phenoxy) is 2. The highest BCUT2D eigenvalue weighted by atomic mass is 16.7. The Labute approximate surface area is 67.0 Å². The molecule has 0 amide bonds. The van der Waals surface area contributed by atoms with E-state index in [0.29, 0.717) is 6.61 Å². The van der Waals surface area contributed by atoms with Crippen molar-refractivity contribution in [3.05, 3.63) is 12.7 Å². The second-order valence-electron chi connectivity index (χ2n) is 2.46. The Hall–Kier alpha value is -0.830. The Morgan fingerprint density at radius 2 is 2.18 bits per heavy atom. The molecule has 3 heteroatoms. The fraction of sp³-hybridized carbons (Fsp3) is 0.625. The third-order valence-corrected chi connectivity index (χ3v) is 1.00. The number of rotatable bonds is 4. The van der Waals surface area contributed by atoms with Gasteiger partial charge in [0.05, 0.1) is 0 Å². The lowest BCUT2D eigenvalue weighted by molar-refractivity contribution is -0.209. The number of esters is 1. The van der Waals surface area contributed by atoms with Crippen LogP contribution in [0.4, 0.5) is 0 Å². The second kappa shape index (κ2) is 4.13. The van der Waals surface area contributed by atoms with Crippen molar-refractivity contribution < 1.29 is 14.3 Å². The fourth-order valence-corrected chi connectivity index (χ4v) is 0.661. The van der Waals surface area contributed by atoms with Gasteiger partial charge >= 0.3 is 5.97 Å². The Bertz CT molecular complexity index is 149. The molecule has 0 N–H and O–H groups in total. The Morgan fingerprint density at radius 1 is 1.64 bits per heavy atom. The largest absolute Gasteiger partial charge is 0.431 e. The van der Waals surface area contributed by atoms with Gasteiger partial charge in [-0.25, -0.2) is 4.79 Å². The van der Waals surface area contributed by atoms with Crippen molar-refractivity contribution in [1.29, 1.82) is 0 Å². The average molecular weight is 158 g/mol. The van der Waals surface area contributed by atoms with Crippen LogP contribution in [0.5, 0.6) is 0 Å². The maximum atomic E-state index is 10.7. The number of hydrogen-bond acceptors (Lipinski definition) is 3. The summed E-state index contributed by atoms with van der Waals surface area (Å²) in [7, 11) is 0. The first-order chi connectivity index (χ1) is 5.02. The highest BCUT2D eigenvalue weighted by molar-refractivity contribution is 5.81. The van der Waals surface area contributed by atoms with E-state index < -0.39 is 11.8 Å². The number of carbonyl (C=O) groups excluding carboxylic acids is 1. The SMILES string of the molecule is C=CC(=O)OC(C)(C)OCC. The minimum absolute atomic E-state index is 0.469. The third kappa shape index (κ3) is 4.56. The van der Waals surface area contributed by atoms with Gasteiger partial charge in [-0.3, -0.25) is 0 Å². The lowest BCUT2D eigenvalue weighted by atomic mass is 10.4. The van der Waals surface area contributed by atoms with Crippen LogP contribution in [0.15, 0.2) is 12.7 Å². The van der Waals surface area contributed by atoms with Gasteiger partial charge in [0.1, 0.15) is 0 Å². The van der Waals surface area contributed by atoms with E-state index in [0.717, 1.165) is 6.08 Å². The van der Waals surface area contributed by atoms with Crippen molar-refractivity contribution in [3.8, 4) is 0 Å². The van der Waals surface area contributed by atoms with Gasteiger partial charge in [0.25, 0.3) is 0 Å². The van der Waals surface area contributed by atoms with Gasteiger partial charge in [-0.15, -0.1) is 0 Å². The molecule has 0 aromatic rings. The van der Waals surface area contributed by atoms with Crippen LogP contribution in [0.2, 0.25) is 0 Å². The minimum atomic E-state index is -0.847. The molecule has 0 heterocycles. The van der Waals surface area contributed by atoms with Crippen LogP contribution in [0.3, 0.4) is 0 Å². The minimum Gasteiger partial charge on any atom is -0.431 e. The van der Waals surface area contributed by atoms with Crippen LogP contribution in [0, 0.1) is 0 Å². The summed E-state index contributed by atoms with van der Waals surface area (Å²) in [5, 5.41) is 0. The van der Waals surface area contributed by atoms with Crippen molar-refractivity contribution in [2.45, 2.75) is 26.6 Å². The number of carbonyl (C=O) groups is 1. The predicted molar refractivity (Wildman–Crippen MR) is 42.0 cm³/mol. The Balaban J connectivity index is 3.89. The average Bonchev–Trinajstić information content (AvgIpc) is 1.86. The van der Waals surface area contributed by atoms with Crippen molar-refractivity contribution in [3.63, 3.8) is 0 Å². The highest BCUT2D eigenvalue weighted by Gasteiger charge is 2.20. The van der Waals surface area contributed by atoms with E-state index >= 15 is 0 Å².